The number of aliphatic hydroxyl groups is 3. The number of Topliss-reactive ketones (excluding diaryl/α,β-unsaturated/α-hetero) is 1. The predicted molar refractivity (Wildman–Crippen MR) is 167 cm³/mol. The van der Waals surface area contributed by atoms with E-state index in [9.17, 15) is 24.9 Å². The summed E-state index contributed by atoms with van der Waals surface area (Å²) in [4.78, 5) is 23.9. The van der Waals surface area contributed by atoms with E-state index in [4.69, 9.17) is 9.47 Å². The van der Waals surface area contributed by atoms with Gasteiger partial charge in [-0.1, -0.05) is 90.4 Å². The minimum atomic E-state index is -0.553. The Labute approximate surface area is 255 Å². The first-order valence-corrected chi connectivity index (χ1v) is 17.4. The van der Waals surface area contributed by atoms with Crippen molar-refractivity contribution < 1.29 is 34.4 Å². The van der Waals surface area contributed by atoms with Gasteiger partial charge < -0.3 is 24.8 Å². The zero-order valence-electron chi connectivity index (χ0n) is 26.8. The molecular weight excluding hydrogens is 532 g/mol. The SMILES string of the molecule is CCCCCCCCCCCC[C@H](O)[C@H]1CC[C@@H]([C@H](O)CCCCC(=O)CCCCC[C@H](O)CC2=C[C@@H](C)OC2=O)O1. The van der Waals surface area contributed by atoms with E-state index in [0.717, 1.165) is 57.8 Å². The lowest BCUT2D eigenvalue weighted by Crippen LogP contribution is -2.31. The van der Waals surface area contributed by atoms with E-state index in [1.54, 1.807) is 6.08 Å². The Morgan fingerprint density at radius 2 is 1.24 bits per heavy atom. The van der Waals surface area contributed by atoms with Crippen molar-refractivity contribution in [3.8, 4) is 0 Å². The van der Waals surface area contributed by atoms with Crippen molar-refractivity contribution in [2.24, 2.45) is 0 Å². The topological polar surface area (TPSA) is 113 Å². The molecule has 42 heavy (non-hydrogen) atoms. The Hall–Kier alpha value is -1.28. The van der Waals surface area contributed by atoms with Gasteiger partial charge in [0.2, 0.25) is 0 Å². The van der Waals surface area contributed by atoms with Gasteiger partial charge in [-0.3, -0.25) is 4.79 Å². The second-order valence-corrected chi connectivity index (χ2v) is 12.9. The molecule has 3 N–H and O–H groups in total. The van der Waals surface area contributed by atoms with Crippen molar-refractivity contribution in [3.63, 3.8) is 0 Å². The lowest BCUT2D eigenvalue weighted by atomic mass is 9.99. The summed E-state index contributed by atoms with van der Waals surface area (Å²) in [6.07, 6.45) is 21.6. The molecule has 0 aliphatic carbocycles. The summed E-state index contributed by atoms with van der Waals surface area (Å²) in [5.41, 5.74) is 0.562. The third kappa shape index (κ3) is 16.0. The van der Waals surface area contributed by atoms with Gasteiger partial charge in [0.25, 0.3) is 0 Å². The lowest BCUT2D eigenvalue weighted by molar-refractivity contribution is -0.139. The van der Waals surface area contributed by atoms with Crippen LogP contribution in [0.2, 0.25) is 0 Å². The Balaban J connectivity index is 1.41. The van der Waals surface area contributed by atoms with Crippen LogP contribution >= 0.6 is 0 Å². The number of aliphatic hydroxyl groups excluding tert-OH is 3. The molecule has 0 radical (unpaired) electrons. The number of ketones is 1. The number of hydrogen-bond donors (Lipinski definition) is 3. The Morgan fingerprint density at radius 1 is 0.762 bits per heavy atom. The third-order valence-electron chi connectivity index (χ3n) is 8.94. The number of ether oxygens (including phenoxy) is 2. The van der Waals surface area contributed by atoms with Crippen LogP contribution in [0.3, 0.4) is 0 Å². The van der Waals surface area contributed by atoms with Crippen molar-refractivity contribution in [2.45, 2.75) is 198 Å². The van der Waals surface area contributed by atoms with Crippen LogP contribution in [0.15, 0.2) is 11.6 Å². The van der Waals surface area contributed by atoms with Gasteiger partial charge in [0.1, 0.15) is 11.9 Å². The van der Waals surface area contributed by atoms with Crippen molar-refractivity contribution in [2.75, 3.05) is 0 Å². The number of hydrogen-bond acceptors (Lipinski definition) is 7. The standard InChI is InChI=1S/C35H62O7/c1-3-4-5-6-7-8-9-10-11-15-21-31(38)33-23-24-34(42-33)32(39)22-17-16-19-29(36)18-13-12-14-20-30(37)26-28-25-27(2)41-35(28)40/h25,27,30-34,37-39H,3-24,26H2,1-2H3/t27-,30+,31+,32-,33-,34+/m1/s1. The van der Waals surface area contributed by atoms with Gasteiger partial charge in [0, 0.05) is 24.8 Å². The van der Waals surface area contributed by atoms with Crippen LogP contribution in [-0.4, -0.2) is 63.7 Å². The number of cyclic esters (lactones) is 1. The van der Waals surface area contributed by atoms with Crippen molar-refractivity contribution in [3.05, 3.63) is 11.6 Å². The summed E-state index contributed by atoms with van der Waals surface area (Å²) in [6, 6.07) is 0. The minimum absolute atomic E-state index is 0.161. The number of rotatable bonds is 26. The molecule has 7 heteroatoms. The highest BCUT2D eigenvalue weighted by Gasteiger charge is 2.34. The first kappa shape index (κ1) is 36.9. The van der Waals surface area contributed by atoms with Gasteiger partial charge >= 0.3 is 5.97 Å². The van der Waals surface area contributed by atoms with Crippen LogP contribution in [0.1, 0.15) is 162 Å². The fourth-order valence-electron chi connectivity index (χ4n) is 6.28. The summed E-state index contributed by atoms with van der Waals surface area (Å²) in [7, 11) is 0. The van der Waals surface area contributed by atoms with Crippen molar-refractivity contribution in [1.29, 1.82) is 0 Å². The molecule has 0 bridgehead atoms. The van der Waals surface area contributed by atoms with Crippen LogP contribution in [0, 0.1) is 0 Å². The Kier molecular flexibility index (Phi) is 19.6. The fraction of sp³-hybridized carbons (Fsp3) is 0.886. The van der Waals surface area contributed by atoms with E-state index in [1.165, 1.54) is 57.8 Å². The lowest BCUT2D eigenvalue weighted by Gasteiger charge is -2.22. The molecule has 6 atom stereocenters. The molecule has 2 aliphatic rings. The third-order valence-corrected chi connectivity index (χ3v) is 8.94. The molecule has 1 saturated heterocycles. The van der Waals surface area contributed by atoms with Gasteiger partial charge in [-0.25, -0.2) is 4.79 Å². The highest BCUT2D eigenvalue weighted by atomic mass is 16.5. The summed E-state index contributed by atoms with van der Waals surface area (Å²) >= 11 is 0. The number of esters is 1. The van der Waals surface area contributed by atoms with E-state index >= 15 is 0 Å². The first-order chi connectivity index (χ1) is 20.3. The zero-order chi connectivity index (χ0) is 30.6. The summed E-state index contributed by atoms with van der Waals surface area (Å²) in [5, 5.41) is 31.3. The molecule has 244 valence electrons. The molecule has 0 aromatic heterocycles. The molecular formula is C35H62O7. The van der Waals surface area contributed by atoms with Crippen LogP contribution in [0.25, 0.3) is 0 Å². The molecule has 0 aromatic rings. The molecule has 0 amide bonds. The highest BCUT2D eigenvalue weighted by Crippen LogP contribution is 2.28. The predicted octanol–water partition coefficient (Wildman–Crippen LogP) is 7.27. The van der Waals surface area contributed by atoms with Crippen molar-refractivity contribution in [1.82, 2.24) is 0 Å². The quantitative estimate of drug-likeness (QED) is 0.0713. The number of carbonyl (C=O) groups is 2. The van der Waals surface area contributed by atoms with Gasteiger partial charge in [0.15, 0.2) is 0 Å². The van der Waals surface area contributed by atoms with Crippen molar-refractivity contribution >= 4 is 11.8 Å². The maximum absolute atomic E-state index is 12.2. The number of unbranched alkanes of at least 4 members (excludes halogenated alkanes) is 12. The van der Waals surface area contributed by atoms with Gasteiger partial charge in [-0.15, -0.1) is 0 Å². The van der Waals surface area contributed by atoms with Gasteiger partial charge in [-0.05, 0) is 57.9 Å². The molecule has 1 fully saturated rings. The molecule has 7 nitrogen and oxygen atoms in total. The maximum Gasteiger partial charge on any atom is 0.334 e. The monoisotopic (exact) mass is 594 g/mol. The molecule has 2 rings (SSSR count). The maximum atomic E-state index is 12.2. The molecule has 2 heterocycles. The van der Waals surface area contributed by atoms with E-state index < -0.39 is 18.3 Å². The smallest absolute Gasteiger partial charge is 0.334 e. The fourth-order valence-corrected chi connectivity index (χ4v) is 6.28. The van der Waals surface area contributed by atoms with Gasteiger partial charge in [-0.2, -0.15) is 0 Å². The molecule has 2 aliphatic heterocycles. The molecule has 0 aromatic carbocycles. The molecule has 0 unspecified atom stereocenters. The van der Waals surface area contributed by atoms with E-state index in [1.807, 2.05) is 6.92 Å². The average molecular weight is 595 g/mol. The van der Waals surface area contributed by atoms with Crippen LogP contribution in [0.5, 0.6) is 0 Å². The Bertz CT molecular complexity index is 766. The zero-order valence-corrected chi connectivity index (χ0v) is 26.8. The number of carbonyl (C=O) groups excluding carboxylic acids is 2. The van der Waals surface area contributed by atoms with Crippen LogP contribution in [0.4, 0.5) is 0 Å². The van der Waals surface area contributed by atoms with E-state index in [2.05, 4.69) is 6.92 Å². The summed E-state index contributed by atoms with van der Waals surface area (Å²) in [5.74, 6) is -0.0709. The second-order valence-electron chi connectivity index (χ2n) is 12.9. The summed E-state index contributed by atoms with van der Waals surface area (Å²) in [6.45, 7) is 4.06. The minimum Gasteiger partial charge on any atom is -0.455 e. The van der Waals surface area contributed by atoms with Crippen LogP contribution in [-0.2, 0) is 19.1 Å². The first-order valence-electron chi connectivity index (χ1n) is 17.4. The van der Waals surface area contributed by atoms with Crippen LogP contribution < -0.4 is 0 Å². The Morgan fingerprint density at radius 3 is 1.79 bits per heavy atom. The molecule has 0 spiro atoms. The van der Waals surface area contributed by atoms with E-state index in [-0.39, 0.29) is 30.1 Å². The van der Waals surface area contributed by atoms with Gasteiger partial charge in [0.05, 0.1) is 30.5 Å². The normalized spacial score (nSPS) is 22.6. The molecule has 0 saturated carbocycles. The second kappa shape index (κ2) is 22.3. The largest absolute Gasteiger partial charge is 0.455 e. The average Bonchev–Trinajstić information content (AvgIpc) is 3.58. The highest BCUT2D eigenvalue weighted by molar-refractivity contribution is 5.90. The van der Waals surface area contributed by atoms with E-state index in [0.29, 0.717) is 37.7 Å². The summed E-state index contributed by atoms with van der Waals surface area (Å²) < 4.78 is 11.1.